The van der Waals surface area contributed by atoms with Crippen LogP contribution in [0.2, 0.25) is 0 Å². The number of benzene rings is 1. The molecule has 0 aliphatic heterocycles. The first kappa shape index (κ1) is 15.8. The van der Waals surface area contributed by atoms with E-state index >= 15 is 0 Å². The first-order valence-electron chi connectivity index (χ1n) is 6.97. The lowest BCUT2D eigenvalue weighted by Crippen LogP contribution is -2.24. The van der Waals surface area contributed by atoms with Crippen molar-refractivity contribution >= 4 is 17.8 Å². The van der Waals surface area contributed by atoms with Crippen LogP contribution in [0.5, 0.6) is 5.75 Å². The third-order valence-corrected chi connectivity index (χ3v) is 3.14. The Morgan fingerprint density at radius 1 is 0.818 bits per heavy atom. The molecule has 0 radical (unpaired) electrons. The van der Waals surface area contributed by atoms with Gasteiger partial charge in [0.05, 0.1) is 0 Å². The molecular weight excluding hydrogens is 280 g/mol. The van der Waals surface area contributed by atoms with Gasteiger partial charge in [-0.1, -0.05) is 18.2 Å². The summed E-state index contributed by atoms with van der Waals surface area (Å²) in [6.07, 6.45) is 0. The monoisotopic (exact) mass is 302 g/mol. The lowest BCUT2D eigenvalue weighted by Gasteiger charge is -2.21. The average Bonchev–Trinajstić information content (AvgIpc) is 2.49. The highest BCUT2D eigenvalue weighted by atomic mass is 16.3. The molecule has 0 spiro atoms. The lowest BCUT2D eigenvalue weighted by molar-refractivity contribution is 0.467. The maximum Gasteiger partial charge on any atom is 0.232 e. The molecule has 0 saturated heterocycles. The number of hydrogen-bond acceptors (Lipinski definition) is 7. The molecule has 0 bridgehead atoms. The maximum atomic E-state index is 9.90. The average molecular weight is 302 g/mol. The van der Waals surface area contributed by atoms with E-state index in [-0.39, 0.29) is 5.75 Å². The van der Waals surface area contributed by atoms with Gasteiger partial charge in [-0.15, -0.1) is 0 Å². The first-order chi connectivity index (χ1) is 10.4. The SMILES string of the molecule is CN(C)c1nc(N(C)C)nc(N(C)Cc2ccccc2O)n1. The number of aromatic hydroxyl groups is 1. The van der Waals surface area contributed by atoms with Crippen LogP contribution in [0.1, 0.15) is 5.56 Å². The number of aromatic nitrogens is 3. The molecule has 7 nitrogen and oxygen atoms in total. The van der Waals surface area contributed by atoms with E-state index in [1.54, 1.807) is 12.1 Å². The van der Waals surface area contributed by atoms with Gasteiger partial charge in [-0.25, -0.2) is 0 Å². The van der Waals surface area contributed by atoms with Gasteiger partial charge in [-0.05, 0) is 6.07 Å². The molecule has 1 N–H and O–H groups in total. The van der Waals surface area contributed by atoms with Crippen molar-refractivity contribution in [2.45, 2.75) is 6.54 Å². The number of para-hydroxylation sites is 1. The summed E-state index contributed by atoms with van der Waals surface area (Å²) in [4.78, 5) is 18.9. The molecule has 118 valence electrons. The van der Waals surface area contributed by atoms with Crippen molar-refractivity contribution in [2.75, 3.05) is 49.9 Å². The summed E-state index contributed by atoms with van der Waals surface area (Å²) in [6.45, 7) is 0.510. The van der Waals surface area contributed by atoms with E-state index in [1.165, 1.54) is 0 Å². The van der Waals surface area contributed by atoms with E-state index in [4.69, 9.17) is 0 Å². The molecule has 7 heteroatoms. The standard InChI is InChI=1S/C15H22N6O/c1-19(2)13-16-14(20(3)4)18-15(17-13)21(5)10-11-8-6-7-9-12(11)22/h6-9,22H,10H2,1-5H3. The largest absolute Gasteiger partial charge is 0.508 e. The van der Waals surface area contributed by atoms with Gasteiger partial charge >= 0.3 is 0 Å². The maximum absolute atomic E-state index is 9.90. The Bertz CT molecular complexity index is 617. The normalized spacial score (nSPS) is 10.4. The summed E-state index contributed by atoms with van der Waals surface area (Å²) in [5.41, 5.74) is 0.822. The zero-order chi connectivity index (χ0) is 16.3. The fourth-order valence-corrected chi connectivity index (χ4v) is 1.88. The highest BCUT2D eigenvalue weighted by molar-refractivity contribution is 5.46. The van der Waals surface area contributed by atoms with Crippen molar-refractivity contribution in [2.24, 2.45) is 0 Å². The third-order valence-electron chi connectivity index (χ3n) is 3.14. The number of nitrogens with zero attached hydrogens (tertiary/aromatic N) is 6. The van der Waals surface area contributed by atoms with E-state index in [1.807, 2.05) is 62.1 Å². The molecular formula is C15H22N6O. The van der Waals surface area contributed by atoms with Crippen LogP contribution in [-0.2, 0) is 6.54 Å². The number of phenols is 1. The number of phenolic OH excluding ortho intramolecular Hbond substituents is 1. The highest BCUT2D eigenvalue weighted by Gasteiger charge is 2.14. The van der Waals surface area contributed by atoms with Crippen molar-refractivity contribution < 1.29 is 5.11 Å². The minimum absolute atomic E-state index is 0.268. The van der Waals surface area contributed by atoms with E-state index in [9.17, 15) is 5.11 Å². The molecule has 0 aliphatic carbocycles. The van der Waals surface area contributed by atoms with E-state index in [0.717, 1.165) is 5.56 Å². The van der Waals surface area contributed by atoms with Crippen molar-refractivity contribution in [1.82, 2.24) is 15.0 Å². The smallest absolute Gasteiger partial charge is 0.232 e. The fourth-order valence-electron chi connectivity index (χ4n) is 1.88. The van der Waals surface area contributed by atoms with Crippen LogP contribution < -0.4 is 14.7 Å². The molecule has 1 aromatic heterocycles. The molecule has 22 heavy (non-hydrogen) atoms. The van der Waals surface area contributed by atoms with Crippen molar-refractivity contribution in [3.8, 4) is 5.75 Å². The molecule has 0 fully saturated rings. The predicted molar refractivity (Wildman–Crippen MR) is 88.7 cm³/mol. The molecule has 0 atom stereocenters. The predicted octanol–water partition coefficient (Wildman–Crippen LogP) is 1.35. The van der Waals surface area contributed by atoms with Crippen molar-refractivity contribution in [3.63, 3.8) is 0 Å². The summed E-state index contributed by atoms with van der Waals surface area (Å²) in [6, 6.07) is 7.25. The van der Waals surface area contributed by atoms with Gasteiger partial charge < -0.3 is 19.8 Å². The molecule has 1 aromatic carbocycles. The molecule has 0 saturated carbocycles. The van der Waals surface area contributed by atoms with Crippen LogP contribution in [0.15, 0.2) is 24.3 Å². The summed E-state index contributed by atoms with van der Waals surface area (Å²) in [5, 5.41) is 9.90. The number of anilines is 3. The molecule has 2 rings (SSSR count). The van der Waals surface area contributed by atoms with Gasteiger partial charge in [-0.2, -0.15) is 15.0 Å². The topological polar surface area (TPSA) is 68.6 Å². The zero-order valence-electron chi connectivity index (χ0n) is 13.6. The second-order valence-corrected chi connectivity index (χ2v) is 5.51. The number of rotatable bonds is 5. The Morgan fingerprint density at radius 3 is 1.82 bits per heavy atom. The molecule has 0 aliphatic rings. The lowest BCUT2D eigenvalue weighted by atomic mass is 10.2. The Kier molecular flexibility index (Phi) is 4.65. The molecule has 1 heterocycles. The Hall–Kier alpha value is -2.57. The van der Waals surface area contributed by atoms with Crippen LogP contribution in [-0.4, -0.2) is 55.3 Å². The summed E-state index contributed by atoms with van der Waals surface area (Å²) in [7, 11) is 9.45. The molecule has 2 aromatic rings. The van der Waals surface area contributed by atoms with Gasteiger partial charge in [0, 0.05) is 47.3 Å². The quantitative estimate of drug-likeness (QED) is 0.894. The Balaban J connectivity index is 2.32. The molecule has 0 unspecified atom stereocenters. The van der Waals surface area contributed by atoms with Crippen molar-refractivity contribution in [1.29, 1.82) is 0 Å². The minimum Gasteiger partial charge on any atom is -0.508 e. The van der Waals surface area contributed by atoms with Crippen molar-refractivity contribution in [3.05, 3.63) is 29.8 Å². The second kappa shape index (κ2) is 6.46. The summed E-state index contributed by atoms with van der Waals surface area (Å²) < 4.78 is 0. The molecule has 0 amide bonds. The van der Waals surface area contributed by atoms with Gasteiger partial charge in [0.1, 0.15) is 5.75 Å². The van der Waals surface area contributed by atoms with E-state index in [2.05, 4.69) is 15.0 Å². The Morgan fingerprint density at radius 2 is 1.32 bits per heavy atom. The van der Waals surface area contributed by atoms with Crippen LogP contribution in [0.4, 0.5) is 17.8 Å². The van der Waals surface area contributed by atoms with Gasteiger partial charge in [0.15, 0.2) is 0 Å². The van der Waals surface area contributed by atoms with Gasteiger partial charge in [0.2, 0.25) is 17.8 Å². The van der Waals surface area contributed by atoms with Crippen LogP contribution in [0, 0.1) is 0 Å². The van der Waals surface area contributed by atoms with Crippen LogP contribution in [0.3, 0.4) is 0 Å². The highest BCUT2D eigenvalue weighted by Crippen LogP contribution is 2.21. The van der Waals surface area contributed by atoms with Gasteiger partial charge in [-0.3, -0.25) is 0 Å². The van der Waals surface area contributed by atoms with Gasteiger partial charge in [0.25, 0.3) is 0 Å². The number of hydrogen-bond donors (Lipinski definition) is 1. The van der Waals surface area contributed by atoms with E-state index in [0.29, 0.717) is 24.4 Å². The zero-order valence-corrected chi connectivity index (χ0v) is 13.6. The minimum atomic E-state index is 0.268. The van der Waals surface area contributed by atoms with E-state index < -0.39 is 0 Å². The third kappa shape index (κ3) is 3.55. The fraction of sp³-hybridized carbons (Fsp3) is 0.400. The Labute approximate surface area is 130 Å². The summed E-state index contributed by atoms with van der Waals surface area (Å²) in [5.74, 6) is 2.02. The second-order valence-electron chi connectivity index (χ2n) is 5.51. The first-order valence-corrected chi connectivity index (χ1v) is 6.97. The van der Waals surface area contributed by atoms with Crippen LogP contribution >= 0.6 is 0 Å². The van der Waals surface area contributed by atoms with Crippen LogP contribution in [0.25, 0.3) is 0 Å². The summed E-state index contributed by atoms with van der Waals surface area (Å²) >= 11 is 0.